The Morgan fingerprint density at radius 2 is 1.77 bits per heavy atom. The van der Waals surface area contributed by atoms with Crippen LogP contribution in [0.15, 0.2) is 42.5 Å². The fourth-order valence-corrected chi connectivity index (χ4v) is 2.01. The molecule has 2 aromatic rings. The average molecular weight is 317 g/mol. The smallest absolute Gasteiger partial charge is 0.269 e. The highest BCUT2D eigenvalue weighted by Gasteiger charge is 2.08. The Labute approximate surface area is 133 Å². The van der Waals surface area contributed by atoms with Gasteiger partial charge in [-0.3, -0.25) is 15.6 Å². The molecule has 0 aliphatic carbocycles. The highest BCUT2D eigenvalue weighted by molar-refractivity contribution is 7.80. The van der Waals surface area contributed by atoms with Gasteiger partial charge in [0, 0.05) is 11.3 Å². The Morgan fingerprint density at radius 1 is 1.05 bits per heavy atom. The van der Waals surface area contributed by atoms with Crippen LogP contribution in [0.3, 0.4) is 0 Å². The minimum Gasteiger partial charge on any atom is -0.331 e. The Kier molecular flexibility index (Phi) is 5.06. The summed E-state index contributed by atoms with van der Waals surface area (Å²) >= 11 is 5.05. The lowest BCUT2D eigenvalue weighted by Crippen LogP contribution is -2.43. The largest absolute Gasteiger partial charge is 0.331 e. The van der Waals surface area contributed by atoms with Crippen molar-refractivity contribution in [3.63, 3.8) is 0 Å². The number of hydrogen-bond acceptors (Lipinski definition) is 2. The molecule has 114 valence electrons. The van der Waals surface area contributed by atoms with E-state index in [1.807, 2.05) is 19.1 Å². The number of halogens is 1. The van der Waals surface area contributed by atoms with E-state index in [1.54, 1.807) is 31.2 Å². The minimum absolute atomic E-state index is 0.171. The molecule has 0 unspecified atom stereocenters. The van der Waals surface area contributed by atoms with Gasteiger partial charge in [-0.2, -0.15) is 0 Å². The highest BCUT2D eigenvalue weighted by atomic mass is 32.1. The monoisotopic (exact) mass is 317 g/mol. The first kappa shape index (κ1) is 15.9. The summed E-state index contributed by atoms with van der Waals surface area (Å²) in [7, 11) is 0. The lowest BCUT2D eigenvalue weighted by molar-refractivity contribution is 0.0943. The second-order valence-corrected chi connectivity index (χ2v) is 5.22. The van der Waals surface area contributed by atoms with E-state index in [2.05, 4.69) is 16.2 Å². The highest BCUT2D eigenvalue weighted by Crippen LogP contribution is 2.13. The first-order valence-corrected chi connectivity index (χ1v) is 7.07. The number of benzene rings is 2. The summed E-state index contributed by atoms with van der Waals surface area (Å²) in [5.74, 6) is -0.617. The first-order chi connectivity index (χ1) is 10.5. The SMILES string of the molecule is Cc1ccc(NC(=S)NNC(=O)c2ccccc2C)cc1F. The first-order valence-electron chi connectivity index (χ1n) is 6.66. The lowest BCUT2D eigenvalue weighted by atomic mass is 10.1. The molecule has 0 aliphatic rings. The number of carbonyl (C=O) groups excluding carboxylic acids is 1. The van der Waals surface area contributed by atoms with Gasteiger partial charge in [-0.1, -0.05) is 24.3 Å². The number of rotatable bonds is 2. The van der Waals surface area contributed by atoms with Gasteiger partial charge in [-0.05, 0) is 55.4 Å². The molecule has 0 bridgehead atoms. The van der Waals surface area contributed by atoms with Gasteiger partial charge in [0.2, 0.25) is 0 Å². The molecule has 3 N–H and O–H groups in total. The van der Waals surface area contributed by atoms with Gasteiger partial charge in [0.25, 0.3) is 5.91 Å². The van der Waals surface area contributed by atoms with Crippen molar-refractivity contribution >= 4 is 28.9 Å². The summed E-state index contributed by atoms with van der Waals surface area (Å²) < 4.78 is 13.4. The van der Waals surface area contributed by atoms with Gasteiger partial charge in [-0.25, -0.2) is 4.39 Å². The number of anilines is 1. The molecular formula is C16H16FN3OS. The third-order valence-corrected chi connectivity index (χ3v) is 3.31. The second-order valence-electron chi connectivity index (χ2n) is 4.81. The molecular weight excluding hydrogens is 301 g/mol. The van der Waals surface area contributed by atoms with Gasteiger partial charge in [-0.15, -0.1) is 0 Å². The van der Waals surface area contributed by atoms with Crippen LogP contribution in [0.25, 0.3) is 0 Å². The molecule has 2 rings (SSSR count). The molecule has 0 spiro atoms. The molecule has 0 aliphatic heterocycles. The van der Waals surface area contributed by atoms with Crippen molar-refractivity contribution < 1.29 is 9.18 Å². The van der Waals surface area contributed by atoms with E-state index in [1.165, 1.54) is 6.07 Å². The second kappa shape index (κ2) is 7.00. The van der Waals surface area contributed by atoms with E-state index in [4.69, 9.17) is 12.2 Å². The van der Waals surface area contributed by atoms with Crippen molar-refractivity contribution in [2.75, 3.05) is 5.32 Å². The topological polar surface area (TPSA) is 53.2 Å². The maximum absolute atomic E-state index is 13.4. The number of carbonyl (C=O) groups is 1. The van der Waals surface area contributed by atoms with Gasteiger partial charge in [0.05, 0.1) is 0 Å². The predicted octanol–water partition coefficient (Wildman–Crippen LogP) is 3.07. The maximum atomic E-state index is 13.4. The number of nitrogens with one attached hydrogen (secondary N) is 3. The zero-order valence-electron chi connectivity index (χ0n) is 12.2. The number of hydrazine groups is 1. The quantitative estimate of drug-likeness (QED) is 0.588. The van der Waals surface area contributed by atoms with E-state index in [-0.39, 0.29) is 16.8 Å². The molecule has 0 radical (unpaired) electrons. The van der Waals surface area contributed by atoms with Crippen molar-refractivity contribution in [3.8, 4) is 0 Å². The molecule has 0 atom stereocenters. The summed E-state index contributed by atoms with van der Waals surface area (Å²) in [4.78, 5) is 12.0. The number of aryl methyl sites for hydroxylation is 2. The third kappa shape index (κ3) is 4.02. The fourth-order valence-electron chi connectivity index (χ4n) is 1.84. The molecule has 0 heterocycles. The molecule has 0 saturated heterocycles. The molecule has 1 amide bonds. The van der Waals surface area contributed by atoms with Crippen molar-refractivity contribution in [3.05, 3.63) is 65.0 Å². The van der Waals surface area contributed by atoms with Crippen LogP contribution in [0.2, 0.25) is 0 Å². The zero-order valence-corrected chi connectivity index (χ0v) is 13.1. The molecule has 0 saturated carbocycles. The molecule has 4 nitrogen and oxygen atoms in total. The third-order valence-electron chi connectivity index (χ3n) is 3.11. The van der Waals surface area contributed by atoms with Crippen LogP contribution in [0.5, 0.6) is 0 Å². The Balaban J connectivity index is 1.91. The van der Waals surface area contributed by atoms with E-state index in [9.17, 15) is 9.18 Å². The predicted molar refractivity (Wildman–Crippen MR) is 89.1 cm³/mol. The van der Waals surface area contributed by atoms with Crippen LogP contribution in [-0.2, 0) is 0 Å². The van der Waals surface area contributed by atoms with Crippen LogP contribution in [0.4, 0.5) is 10.1 Å². The Morgan fingerprint density at radius 3 is 2.45 bits per heavy atom. The number of hydrogen-bond donors (Lipinski definition) is 3. The van der Waals surface area contributed by atoms with Gasteiger partial charge >= 0.3 is 0 Å². The number of amides is 1. The zero-order chi connectivity index (χ0) is 16.1. The van der Waals surface area contributed by atoms with E-state index in [0.717, 1.165) is 5.56 Å². The van der Waals surface area contributed by atoms with E-state index < -0.39 is 0 Å². The molecule has 6 heteroatoms. The average Bonchev–Trinajstić information content (AvgIpc) is 2.49. The Hall–Kier alpha value is -2.47. The lowest BCUT2D eigenvalue weighted by Gasteiger charge is -2.12. The summed E-state index contributed by atoms with van der Waals surface area (Å²) in [5.41, 5.74) is 7.56. The summed E-state index contributed by atoms with van der Waals surface area (Å²) in [6, 6.07) is 11.9. The molecule has 2 aromatic carbocycles. The van der Waals surface area contributed by atoms with E-state index in [0.29, 0.717) is 16.8 Å². The van der Waals surface area contributed by atoms with Crippen molar-refractivity contribution in [1.82, 2.24) is 10.9 Å². The van der Waals surface area contributed by atoms with Gasteiger partial charge < -0.3 is 5.32 Å². The van der Waals surface area contributed by atoms with Gasteiger partial charge in [0.15, 0.2) is 5.11 Å². The summed E-state index contributed by atoms with van der Waals surface area (Å²) in [6.07, 6.45) is 0. The van der Waals surface area contributed by atoms with E-state index >= 15 is 0 Å². The molecule has 0 fully saturated rings. The fraction of sp³-hybridized carbons (Fsp3) is 0.125. The number of thiocarbonyl (C=S) groups is 1. The van der Waals surface area contributed by atoms with Crippen molar-refractivity contribution in [2.24, 2.45) is 0 Å². The van der Waals surface area contributed by atoms with Crippen molar-refractivity contribution in [1.29, 1.82) is 0 Å². The van der Waals surface area contributed by atoms with Gasteiger partial charge in [0.1, 0.15) is 5.82 Å². The standard InChI is InChI=1S/C16H16FN3OS/c1-10-5-3-4-6-13(10)15(21)19-20-16(22)18-12-8-7-11(2)14(17)9-12/h3-9H,1-2H3,(H,19,21)(H2,18,20,22). The van der Waals surface area contributed by atoms with Crippen LogP contribution >= 0.6 is 12.2 Å². The summed E-state index contributed by atoms with van der Waals surface area (Å²) in [5, 5.41) is 2.97. The summed E-state index contributed by atoms with van der Waals surface area (Å²) in [6.45, 7) is 3.53. The minimum atomic E-state index is -0.322. The van der Waals surface area contributed by atoms with Crippen LogP contribution in [-0.4, -0.2) is 11.0 Å². The normalized spacial score (nSPS) is 9.95. The van der Waals surface area contributed by atoms with Crippen LogP contribution < -0.4 is 16.2 Å². The molecule has 22 heavy (non-hydrogen) atoms. The van der Waals surface area contributed by atoms with Crippen molar-refractivity contribution in [2.45, 2.75) is 13.8 Å². The van der Waals surface area contributed by atoms with Crippen LogP contribution in [0, 0.1) is 19.7 Å². The Bertz CT molecular complexity index is 718. The maximum Gasteiger partial charge on any atom is 0.269 e. The molecule has 0 aromatic heterocycles. The van der Waals surface area contributed by atoms with Crippen LogP contribution in [0.1, 0.15) is 21.5 Å².